The Hall–Kier alpha value is -1.15. The van der Waals surface area contributed by atoms with Crippen LogP contribution in [0.1, 0.15) is 19.8 Å². The minimum atomic E-state index is 0.274. The summed E-state index contributed by atoms with van der Waals surface area (Å²) in [7, 11) is 0. The molecule has 1 N–H and O–H groups in total. The monoisotopic (exact) mass is 179 g/mol. The van der Waals surface area contributed by atoms with Crippen LogP contribution in [0.25, 0.3) is 0 Å². The summed E-state index contributed by atoms with van der Waals surface area (Å²) in [4.78, 5) is 3.78. The zero-order valence-electron chi connectivity index (χ0n) is 8.06. The predicted octanol–water partition coefficient (Wildman–Crippen LogP) is 2.42. The standard InChI is InChI=1S/C6H12O.C5H5N/c1-2-3-4-5-6-7;1-2-4-6-5-3-1/h3-4,7H,2,5-6H2,1H3;1-5H/b4-3+;. The Morgan fingerprint density at radius 1 is 1.15 bits per heavy atom. The quantitative estimate of drug-likeness (QED) is 0.723. The fourth-order valence-electron chi connectivity index (χ4n) is 0.672. The van der Waals surface area contributed by atoms with E-state index in [-0.39, 0.29) is 6.61 Å². The van der Waals surface area contributed by atoms with Crippen LogP contribution in [0.4, 0.5) is 0 Å². The van der Waals surface area contributed by atoms with Crippen LogP contribution >= 0.6 is 0 Å². The molecule has 2 nitrogen and oxygen atoms in total. The number of hydrogen-bond donors (Lipinski definition) is 1. The lowest BCUT2D eigenvalue weighted by molar-refractivity contribution is 0.302. The van der Waals surface area contributed by atoms with Gasteiger partial charge in [-0.2, -0.15) is 0 Å². The first-order valence-electron chi connectivity index (χ1n) is 4.52. The molecular formula is C11H17NO. The largest absolute Gasteiger partial charge is 0.396 e. The average Bonchev–Trinajstić information content (AvgIpc) is 2.22. The molecule has 0 bridgehead atoms. The molecule has 72 valence electrons. The molecule has 1 heterocycles. The van der Waals surface area contributed by atoms with Gasteiger partial charge in [-0.15, -0.1) is 0 Å². The molecule has 0 fully saturated rings. The van der Waals surface area contributed by atoms with Gasteiger partial charge >= 0.3 is 0 Å². The van der Waals surface area contributed by atoms with Crippen molar-refractivity contribution in [1.29, 1.82) is 0 Å². The molecule has 0 aliphatic carbocycles. The van der Waals surface area contributed by atoms with E-state index < -0.39 is 0 Å². The average molecular weight is 179 g/mol. The van der Waals surface area contributed by atoms with Crippen LogP contribution in [-0.2, 0) is 0 Å². The predicted molar refractivity (Wildman–Crippen MR) is 55.4 cm³/mol. The van der Waals surface area contributed by atoms with Crippen LogP contribution in [0.15, 0.2) is 42.7 Å². The molecule has 0 aromatic carbocycles. The van der Waals surface area contributed by atoms with Gasteiger partial charge in [0.25, 0.3) is 0 Å². The number of hydrogen-bond acceptors (Lipinski definition) is 2. The van der Waals surface area contributed by atoms with Crippen LogP contribution in [0.2, 0.25) is 0 Å². The summed E-state index contributed by atoms with van der Waals surface area (Å²) in [6.07, 6.45) is 9.41. The Bertz CT molecular complexity index is 170. The van der Waals surface area contributed by atoms with E-state index in [2.05, 4.69) is 18.0 Å². The molecule has 2 heteroatoms. The minimum absolute atomic E-state index is 0.274. The highest BCUT2D eigenvalue weighted by Gasteiger charge is 1.69. The van der Waals surface area contributed by atoms with Crippen molar-refractivity contribution in [3.63, 3.8) is 0 Å². The third-order valence-electron chi connectivity index (χ3n) is 1.26. The van der Waals surface area contributed by atoms with E-state index in [0.29, 0.717) is 0 Å². The number of aliphatic hydroxyl groups is 1. The van der Waals surface area contributed by atoms with Crippen molar-refractivity contribution in [2.24, 2.45) is 0 Å². The Morgan fingerprint density at radius 3 is 2.15 bits per heavy atom. The van der Waals surface area contributed by atoms with Gasteiger partial charge in [-0.25, -0.2) is 0 Å². The second kappa shape index (κ2) is 10.8. The summed E-state index contributed by atoms with van der Waals surface area (Å²) >= 11 is 0. The number of aromatic nitrogens is 1. The third kappa shape index (κ3) is 10.8. The highest BCUT2D eigenvalue weighted by Crippen LogP contribution is 1.82. The number of allylic oxidation sites excluding steroid dienone is 1. The molecule has 0 aliphatic heterocycles. The first-order valence-corrected chi connectivity index (χ1v) is 4.52. The summed E-state index contributed by atoms with van der Waals surface area (Å²) < 4.78 is 0. The highest BCUT2D eigenvalue weighted by atomic mass is 16.2. The van der Waals surface area contributed by atoms with Crippen LogP contribution in [0, 0.1) is 0 Å². The summed E-state index contributed by atoms with van der Waals surface area (Å²) in [5, 5.41) is 8.24. The van der Waals surface area contributed by atoms with E-state index in [1.54, 1.807) is 12.4 Å². The van der Waals surface area contributed by atoms with E-state index in [1.165, 1.54) is 0 Å². The summed E-state index contributed by atoms with van der Waals surface area (Å²) in [6, 6.07) is 5.72. The molecule has 1 aromatic heterocycles. The first-order chi connectivity index (χ1) is 6.41. The Balaban J connectivity index is 0.000000223. The maximum atomic E-state index is 8.24. The lowest BCUT2D eigenvalue weighted by atomic mass is 10.3. The van der Waals surface area contributed by atoms with Crippen molar-refractivity contribution in [3.05, 3.63) is 42.7 Å². The van der Waals surface area contributed by atoms with Gasteiger partial charge < -0.3 is 5.11 Å². The zero-order chi connectivity index (χ0) is 9.78. The first kappa shape index (κ1) is 11.8. The fourth-order valence-corrected chi connectivity index (χ4v) is 0.672. The van der Waals surface area contributed by atoms with Crippen molar-refractivity contribution in [1.82, 2.24) is 4.98 Å². The number of aliphatic hydroxyl groups excluding tert-OH is 1. The van der Waals surface area contributed by atoms with E-state index in [1.807, 2.05) is 24.3 Å². The van der Waals surface area contributed by atoms with Gasteiger partial charge in [-0.05, 0) is 25.0 Å². The summed E-state index contributed by atoms with van der Waals surface area (Å²) in [6.45, 7) is 2.35. The van der Waals surface area contributed by atoms with Gasteiger partial charge in [0.05, 0.1) is 0 Å². The zero-order valence-corrected chi connectivity index (χ0v) is 8.06. The smallest absolute Gasteiger partial charge is 0.0465 e. The van der Waals surface area contributed by atoms with Crippen LogP contribution in [0.3, 0.4) is 0 Å². The van der Waals surface area contributed by atoms with E-state index in [0.717, 1.165) is 12.8 Å². The number of pyridine rings is 1. The number of rotatable bonds is 3. The lowest BCUT2D eigenvalue weighted by Crippen LogP contribution is -1.73. The van der Waals surface area contributed by atoms with Crippen molar-refractivity contribution >= 4 is 0 Å². The second-order valence-corrected chi connectivity index (χ2v) is 2.42. The fraction of sp³-hybridized carbons (Fsp3) is 0.364. The molecule has 13 heavy (non-hydrogen) atoms. The van der Waals surface area contributed by atoms with Crippen LogP contribution in [0.5, 0.6) is 0 Å². The molecule has 0 saturated carbocycles. The molecule has 0 saturated heterocycles. The topological polar surface area (TPSA) is 33.1 Å². The van der Waals surface area contributed by atoms with E-state index in [4.69, 9.17) is 5.11 Å². The SMILES string of the molecule is CC/C=C/CCO.c1ccncc1. The van der Waals surface area contributed by atoms with Crippen molar-refractivity contribution in [2.45, 2.75) is 19.8 Å². The normalized spacial score (nSPS) is 9.38. The van der Waals surface area contributed by atoms with Crippen molar-refractivity contribution < 1.29 is 5.11 Å². The highest BCUT2D eigenvalue weighted by molar-refractivity contribution is 4.88. The second-order valence-electron chi connectivity index (χ2n) is 2.42. The van der Waals surface area contributed by atoms with Crippen LogP contribution in [-0.4, -0.2) is 16.7 Å². The molecule has 0 radical (unpaired) electrons. The Labute approximate surface area is 80.0 Å². The van der Waals surface area contributed by atoms with Crippen LogP contribution < -0.4 is 0 Å². The summed E-state index contributed by atoms with van der Waals surface area (Å²) in [5.74, 6) is 0. The number of nitrogens with zero attached hydrogens (tertiary/aromatic N) is 1. The van der Waals surface area contributed by atoms with Gasteiger partial charge in [0.15, 0.2) is 0 Å². The van der Waals surface area contributed by atoms with E-state index >= 15 is 0 Å². The maximum Gasteiger partial charge on any atom is 0.0465 e. The molecule has 0 atom stereocenters. The molecule has 1 rings (SSSR count). The van der Waals surface area contributed by atoms with E-state index in [9.17, 15) is 0 Å². The molecule has 0 unspecified atom stereocenters. The van der Waals surface area contributed by atoms with Gasteiger partial charge in [-0.3, -0.25) is 4.98 Å². The lowest BCUT2D eigenvalue weighted by Gasteiger charge is -1.79. The Kier molecular flexibility index (Phi) is 9.89. The van der Waals surface area contributed by atoms with Gasteiger partial charge in [0, 0.05) is 19.0 Å². The third-order valence-corrected chi connectivity index (χ3v) is 1.26. The van der Waals surface area contributed by atoms with Gasteiger partial charge in [0.1, 0.15) is 0 Å². The minimum Gasteiger partial charge on any atom is -0.396 e. The maximum absolute atomic E-state index is 8.24. The van der Waals surface area contributed by atoms with Crippen molar-refractivity contribution in [2.75, 3.05) is 6.61 Å². The Morgan fingerprint density at radius 2 is 1.85 bits per heavy atom. The molecule has 0 amide bonds. The molecule has 0 aliphatic rings. The van der Waals surface area contributed by atoms with Gasteiger partial charge in [0.2, 0.25) is 0 Å². The molecular weight excluding hydrogens is 162 g/mol. The molecule has 1 aromatic rings. The molecule has 0 spiro atoms. The van der Waals surface area contributed by atoms with Gasteiger partial charge in [-0.1, -0.05) is 25.1 Å². The summed E-state index contributed by atoms with van der Waals surface area (Å²) in [5.41, 5.74) is 0. The van der Waals surface area contributed by atoms with Crippen molar-refractivity contribution in [3.8, 4) is 0 Å².